The molecule has 2 rings (SSSR count). The van der Waals surface area contributed by atoms with Crippen LogP contribution in [0.3, 0.4) is 0 Å². The van der Waals surface area contributed by atoms with Gasteiger partial charge in [0.05, 0.1) is 0 Å². The number of carbonyl (C=O) groups is 2. The van der Waals surface area contributed by atoms with Crippen LogP contribution in [0.4, 0.5) is 4.79 Å². The van der Waals surface area contributed by atoms with Crippen molar-refractivity contribution in [3.8, 4) is 0 Å². The van der Waals surface area contributed by atoms with Crippen molar-refractivity contribution in [2.45, 2.75) is 45.1 Å². The number of hydrogen-bond acceptors (Lipinski definition) is 2. The first kappa shape index (κ1) is 13.2. The number of amides is 3. The fraction of sp³-hybridized carbons (Fsp3) is 0.846. The Hall–Kier alpha value is -1.26. The molecule has 0 aromatic heterocycles. The smallest absolute Gasteiger partial charge is 0.317 e. The number of nitrogens with one attached hydrogen (secondary N) is 2. The maximum atomic E-state index is 11.8. The molecule has 0 aromatic carbocycles. The summed E-state index contributed by atoms with van der Waals surface area (Å²) in [6, 6.07) is 0.373. The zero-order chi connectivity index (χ0) is 13.0. The second-order valence-corrected chi connectivity index (χ2v) is 5.49. The molecule has 0 radical (unpaired) electrons. The molecule has 102 valence electrons. The summed E-state index contributed by atoms with van der Waals surface area (Å²) in [6.07, 6.45) is 4.74. The summed E-state index contributed by atoms with van der Waals surface area (Å²) in [6.45, 7) is 4.32. The molecule has 2 fully saturated rings. The third-order valence-electron chi connectivity index (χ3n) is 3.64. The Kier molecular flexibility index (Phi) is 4.44. The van der Waals surface area contributed by atoms with Gasteiger partial charge in [0.1, 0.15) is 0 Å². The molecule has 18 heavy (non-hydrogen) atoms. The van der Waals surface area contributed by atoms with Gasteiger partial charge in [-0.2, -0.15) is 0 Å². The Morgan fingerprint density at radius 1 is 1.17 bits per heavy atom. The number of likely N-dealkylation sites (tertiary alicyclic amines) is 1. The minimum absolute atomic E-state index is 0.0267. The number of rotatable bonds is 4. The molecule has 1 aliphatic heterocycles. The molecule has 1 saturated heterocycles. The van der Waals surface area contributed by atoms with Gasteiger partial charge in [-0.3, -0.25) is 4.79 Å². The fourth-order valence-corrected chi connectivity index (χ4v) is 2.13. The summed E-state index contributed by atoms with van der Waals surface area (Å²) < 4.78 is 0. The topological polar surface area (TPSA) is 61.4 Å². The molecular formula is C13H23N3O2. The first-order chi connectivity index (χ1) is 8.65. The van der Waals surface area contributed by atoms with Crippen molar-refractivity contribution in [1.29, 1.82) is 0 Å². The summed E-state index contributed by atoms with van der Waals surface area (Å²) in [5, 5.41) is 5.73. The van der Waals surface area contributed by atoms with Gasteiger partial charge in [0, 0.05) is 32.1 Å². The van der Waals surface area contributed by atoms with E-state index in [1.165, 1.54) is 0 Å². The van der Waals surface area contributed by atoms with Gasteiger partial charge in [-0.05, 0) is 31.6 Å². The van der Waals surface area contributed by atoms with Crippen molar-refractivity contribution in [2.24, 2.45) is 5.92 Å². The van der Waals surface area contributed by atoms with Crippen molar-refractivity contribution in [3.05, 3.63) is 0 Å². The summed E-state index contributed by atoms with van der Waals surface area (Å²) >= 11 is 0. The lowest BCUT2D eigenvalue weighted by Crippen LogP contribution is -2.45. The number of nitrogens with zero attached hydrogens (tertiary/aromatic N) is 1. The van der Waals surface area contributed by atoms with Crippen LogP contribution < -0.4 is 10.6 Å². The third-order valence-corrected chi connectivity index (χ3v) is 3.64. The molecule has 5 nitrogen and oxygen atoms in total. The van der Waals surface area contributed by atoms with Gasteiger partial charge in [0.25, 0.3) is 0 Å². The van der Waals surface area contributed by atoms with Gasteiger partial charge in [0.2, 0.25) is 5.91 Å². The Morgan fingerprint density at radius 3 is 2.44 bits per heavy atom. The molecule has 5 heteroatoms. The van der Waals surface area contributed by atoms with Crippen LogP contribution in [-0.4, -0.2) is 42.5 Å². The number of hydrogen-bond donors (Lipinski definition) is 2. The van der Waals surface area contributed by atoms with Gasteiger partial charge in [-0.25, -0.2) is 4.79 Å². The molecular weight excluding hydrogens is 230 g/mol. The van der Waals surface area contributed by atoms with E-state index in [2.05, 4.69) is 17.6 Å². The SMILES string of the molecule is CC1CCN(C(=O)NCCC(=O)NC2CC2)CC1. The Balaban J connectivity index is 1.57. The lowest BCUT2D eigenvalue weighted by molar-refractivity contribution is -0.121. The molecule has 2 N–H and O–H groups in total. The van der Waals surface area contributed by atoms with Gasteiger partial charge < -0.3 is 15.5 Å². The molecule has 1 saturated carbocycles. The van der Waals surface area contributed by atoms with Crippen molar-refractivity contribution in [3.63, 3.8) is 0 Å². The molecule has 0 spiro atoms. The van der Waals surface area contributed by atoms with E-state index >= 15 is 0 Å². The highest BCUT2D eigenvalue weighted by Crippen LogP contribution is 2.18. The molecule has 0 atom stereocenters. The molecule has 1 heterocycles. The zero-order valence-corrected chi connectivity index (χ0v) is 11.1. The van der Waals surface area contributed by atoms with Crippen LogP contribution in [0.2, 0.25) is 0 Å². The van der Waals surface area contributed by atoms with Crippen LogP contribution in [0.15, 0.2) is 0 Å². The molecule has 2 aliphatic rings. The van der Waals surface area contributed by atoms with Crippen molar-refractivity contribution in [1.82, 2.24) is 15.5 Å². The Labute approximate surface area is 108 Å². The average molecular weight is 253 g/mol. The lowest BCUT2D eigenvalue weighted by Gasteiger charge is -2.30. The highest BCUT2D eigenvalue weighted by atomic mass is 16.2. The highest BCUT2D eigenvalue weighted by Gasteiger charge is 2.23. The van der Waals surface area contributed by atoms with E-state index in [1.807, 2.05) is 4.90 Å². The standard InChI is InChI=1S/C13H23N3O2/c1-10-5-8-16(9-6-10)13(18)14-7-4-12(17)15-11-2-3-11/h10-11H,2-9H2,1H3,(H,14,18)(H,15,17). The van der Waals surface area contributed by atoms with Crippen LogP contribution >= 0.6 is 0 Å². The number of urea groups is 1. The van der Waals surface area contributed by atoms with E-state index in [9.17, 15) is 9.59 Å². The lowest BCUT2D eigenvalue weighted by atomic mass is 10.00. The molecule has 1 aliphatic carbocycles. The second-order valence-electron chi connectivity index (χ2n) is 5.49. The van der Waals surface area contributed by atoms with E-state index < -0.39 is 0 Å². The molecule has 0 aromatic rings. The van der Waals surface area contributed by atoms with Gasteiger partial charge >= 0.3 is 6.03 Å². The fourth-order valence-electron chi connectivity index (χ4n) is 2.13. The van der Waals surface area contributed by atoms with Crippen LogP contribution in [0, 0.1) is 5.92 Å². The quantitative estimate of drug-likeness (QED) is 0.788. The first-order valence-electron chi connectivity index (χ1n) is 6.97. The zero-order valence-electron chi connectivity index (χ0n) is 11.1. The largest absolute Gasteiger partial charge is 0.353 e. The molecule has 0 unspecified atom stereocenters. The summed E-state index contributed by atoms with van der Waals surface area (Å²) in [5.74, 6) is 0.767. The van der Waals surface area contributed by atoms with E-state index in [4.69, 9.17) is 0 Å². The van der Waals surface area contributed by atoms with Crippen molar-refractivity contribution in [2.75, 3.05) is 19.6 Å². The average Bonchev–Trinajstić information content (AvgIpc) is 3.13. The first-order valence-corrected chi connectivity index (χ1v) is 6.97. The monoisotopic (exact) mass is 253 g/mol. The third kappa shape index (κ3) is 4.20. The highest BCUT2D eigenvalue weighted by molar-refractivity contribution is 5.78. The van der Waals surface area contributed by atoms with Crippen LogP contribution in [-0.2, 0) is 4.79 Å². The van der Waals surface area contributed by atoms with Crippen LogP contribution in [0.5, 0.6) is 0 Å². The van der Waals surface area contributed by atoms with E-state index in [0.29, 0.717) is 19.0 Å². The van der Waals surface area contributed by atoms with E-state index in [0.717, 1.165) is 44.7 Å². The summed E-state index contributed by atoms with van der Waals surface area (Å²) in [4.78, 5) is 25.1. The minimum atomic E-state index is -0.0267. The van der Waals surface area contributed by atoms with Crippen molar-refractivity contribution >= 4 is 11.9 Å². The predicted molar refractivity (Wildman–Crippen MR) is 69.2 cm³/mol. The molecule has 0 bridgehead atoms. The maximum Gasteiger partial charge on any atom is 0.317 e. The van der Waals surface area contributed by atoms with Gasteiger partial charge in [0.15, 0.2) is 0 Å². The maximum absolute atomic E-state index is 11.8. The minimum Gasteiger partial charge on any atom is -0.353 e. The normalized spacial score (nSPS) is 20.6. The predicted octanol–water partition coefficient (Wildman–Crippen LogP) is 1.10. The second kappa shape index (κ2) is 6.07. The van der Waals surface area contributed by atoms with Crippen LogP contribution in [0.1, 0.15) is 39.0 Å². The van der Waals surface area contributed by atoms with Gasteiger partial charge in [-0.15, -0.1) is 0 Å². The number of piperidine rings is 1. The van der Waals surface area contributed by atoms with Crippen molar-refractivity contribution < 1.29 is 9.59 Å². The molecule has 3 amide bonds. The van der Waals surface area contributed by atoms with Gasteiger partial charge in [-0.1, -0.05) is 6.92 Å². The Morgan fingerprint density at radius 2 is 1.83 bits per heavy atom. The van der Waals surface area contributed by atoms with E-state index in [-0.39, 0.29) is 11.9 Å². The number of carbonyl (C=O) groups excluding carboxylic acids is 2. The van der Waals surface area contributed by atoms with E-state index in [1.54, 1.807) is 0 Å². The Bertz CT molecular complexity index is 307. The summed E-state index contributed by atoms with van der Waals surface area (Å²) in [7, 11) is 0. The summed E-state index contributed by atoms with van der Waals surface area (Å²) in [5.41, 5.74) is 0. The van der Waals surface area contributed by atoms with Crippen LogP contribution in [0.25, 0.3) is 0 Å².